The van der Waals surface area contributed by atoms with Gasteiger partial charge in [-0.3, -0.25) is 4.68 Å². The molecule has 0 aliphatic rings. The van der Waals surface area contributed by atoms with E-state index in [9.17, 15) is 5.11 Å². The first kappa shape index (κ1) is 11.6. The standard InChI is InChI=1S/C12H15BrN2O/c1-3-8(2)15-12-5-4-9(13)6-10(12)11(7-16)14-15/h4-6,8,16H,3,7H2,1-2H3/t8-/m1/s1. The van der Waals surface area contributed by atoms with Gasteiger partial charge in [-0.2, -0.15) is 5.10 Å². The molecule has 1 atom stereocenters. The number of aliphatic hydroxyl groups is 1. The van der Waals surface area contributed by atoms with Crippen LogP contribution in [0.1, 0.15) is 32.0 Å². The summed E-state index contributed by atoms with van der Waals surface area (Å²) < 4.78 is 3.01. The van der Waals surface area contributed by atoms with Crippen molar-refractivity contribution in [3.05, 3.63) is 28.4 Å². The lowest BCUT2D eigenvalue weighted by atomic mass is 10.2. The van der Waals surface area contributed by atoms with Gasteiger partial charge in [-0.15, -0.1) is 0 Å². The Balaban J connectivity index is 2.67. The van der Waals surface area contributed by atoms with Crippen molar-refractivity contribution < 1.29 is 5.11 Å². The van der Waals surface area contributed by atoms with Gasteiger partial charge in [0.05, 0.1) is 17.8 Å². The fourth-order valence-electron chi connectivity index (χ4n) is 1.80. The molecule has 0 bridgehead atoms. The molecule has 1 heterocycles. The Kier molecular flexibility index (Phi) is 3.30. The largest absolute Gasteiger partial charge is 0.390 e. The minimum absolute atomic E-state index is 0.0175. The van der Waals surface area contributed by atoms with Gasteiger partial charge in [0, 0.05) is 15.9 Å². The van der Waals surface area contributed by atoms with Gasteiger partial charge in [-0.05, 0) is 31.5 Å². The monoisotopic (exact) mass is 282 g/mol. The number of fused-ring (bicyclic) bond motifs is 1. The zero-order chi connectivity index (χ0) is 11.7. The summed E-state index contributed by atoms with van der Waals surface area (Å²) in [5.41, 5.74) is 1.83. The average molecular weight is 283 g/mol. The first-order chi connectivity index (χ1) is 7.67. The maximum atomic E-state index is 9.30. The number of halogens is 1. The molecule has 0 spiro atoms. The summed E-state index contributed by atoms with van der Waals surface area (Å²) in [5.74, 6) is 0. The first-order valence-corrected chi connectivity index (χ1v) is 6.24. The van der Waals surface area contributed by atoms with E-state index in [0.29, 0.717) is 6.04 Å². The third-order valence-electron chi connectivity index (χ3n) is 2.90. The van der Waals surface area contributed by atoms with Gasteiger partial charge >= 0.3 is 0 Å². The van der Waals surface area contributed by atoms with Crippen LogP contribution in [0.4, 0.5) is 0 Å². The second kappa shape index (κ2) is 4.55. The summed E-state index contributed by atoms with van der Waals surface area (Å²) in [6.07, 6.45) is 1.03. The van der Waals surface area contributed by atoms with E-state index in [2.05, 4.69) is 34.9 Å². The summed E-state index contributed by atoms with van der Waals surface area (Å²) >= 11 is 3.44. The second-order valence-electron chi connectivity index (χ2n) is 3.97. The third kappa shape index (κ3) is 1.87. The van der Waals surface area contributed by atoms with E-state index in [1.165, 1.54) is 0 Å². The van der Waals surface area contributed by atoms with Gasteiger partial charge in [0.2, 0.25) is 0 Å². The Bertz CT molecular complexity index is 507. The molecule has 0 aliphatic heterocycles. The van der Waals surface area contributed by atoms with Gasteiger partial charge in [0.25, 0.3) is 0 Å². The van der Waals surface area contributed by atoms with Gasteiger partial charge in [0.15, 0.2) is 0 Å². The van der Waals surface area contributed by atoms with Crippen LogP contribution in [-0.4, -0.2) is 14.9 Å². The van der Waals surface area contributed by atoms with E-state index in [0.717, 1.165) is 27.5 Å². The van der Waals surface area contributed by atoms with E-state index < -0.39 is 0 Å². The van der Waals surface area contributed by atoms with Crippen molar-refractivity contribution in [3.8, 4) is 0 Å². The molecule has 0 radical (unpaired) electrons. The Labute approximate surface area is 103 Å². The van der Waals surface area contributed by atoms with Crippen LogP contribution in [0, 0.1) is 0 Å². The predicted octanol–water partition coefficient (Wildman–Crippen LogP) is 3.26. The van der Waals surface area contributed by atoms with Crippen LogP contribution in [0.2, 0.25) is 0 Å². The zero-order valence-corrected chi connectivity index (χ0v) is 11.0. The minimum atomic E-state index is -0.0175. The maximum Gasteiger partial charge on any atom is 0.0958 e. The Morgan fingerprint density at radius 1 is 1.50 bits per heavy atom. The molecular weight excluding hydrogens is 268 g/mol. The normalized spacial score (nSPS) is 13.2. The quantitative estimate of drug-likeness (QED) is 0.938. The summed E-state index contributed by atoms with van der Waals surface area (Å²) in [4.78, 5) is 0. The molecule has 2 rings (SSSR count). The zero-order valence-electron chi connectivity index (χ0n) is 9.44. The molecule has 0 saturated carbocycles. The molecule has 0 fully saturated rings. The van der Waals surface area contributed by atoms with Crippen LogP contribution in [-0.2, 0) is 6.61 Å². The molecule has 16 heavy (non-hydrogen) atoms. The Hall–Kier alpha value is -0.870. The number of hydrogen-bond donors (Lipinski definition) is 1. The molecule has 0 unspecified atom stereocenters. The van der Waals surface area contributed by atoms with Crippen LogP contribution in [0.25, 0.3) is 10.9 Å². The molecule has 4 heteroatoms. The number of aromatic nitrogens is 2. The van der Waals surface area contributed by atoms with Gasteiger partial charge in [-0.1, -0.05) is 22.9 Å². The molecule has 86 valence electrons. The van der Waals surface area contributed by atoms with Crippen LogP contribution >= 0.6 is 15.9 Å². The highest BCUT2D eigenvalue weighted by molar-refractivity contribution is 9.10. The van der Waals surface area contributed by atoms with E-state index in [1.807, 2.05) is 22.9 Å². The van der Waals surface area contributed by atoms with Crippen molar-refractivity contribution in [1.29, 1.82) is 0 Å². The molecule has 1 aromatic carbocycles. The molecular formula is C12H15BrN2O. The third-order valence-corrected chi connectivity index (χ3v) is 3.40. The molecule has 3 nitrogen and oxygen atoms in total. The molecule has 1 aromatic heterocycles. The molecule has 0 saturated heterocycles. The molecule has 0 amide bonds. The van der Waals surface area contributed by atoms with Crippen molar-refractivity contribution in [2.45, 2.75) is 32.9 Å². The van der Waals surface area contributed by atoms with E-state index >= 15 is 0 Å². The first-order valence-electron chi connectivity index (χ1n) is 5.44. The predicted molar refractivity (Wildman–Crippen MR) is 68.4 cm³/mol. The van der Waals surface area contributed by atoms with Crippen molar-refractivity contribution >= 4 is 26.8 Å². The van der Waals surface area contributed by atoms with Crippen molar-refractivity contribution in [1.82, 2.24) is 9.78 Å². The Morgan fingerprint density at radius 3 is 2.88 bits per heavy atom. The highest BCUT2D eigenvalue weighted by Gasteiger charge is 2.13. The lowest BCUT2D eigenvalue weighted by Gasteiger charge is -2.10. The smallest absolute Gasteiger partial charge is 0.0958 e. The number of aliphatic hydroxyl groups excluding tert-OH is 1. The summed E-state index contributed by atoms with van der Waals surface area (Å²) in [7, 11) is 0. The molecule has 2 aromatic rings. The van der Waals surface area contributed by atoms with Crippen molar-refractivity contribution in [3.63, 3.8) is 0 Å². The van der Waals surface area contributed by atoms with Crippen molar-refractivity contribution in [2.24, 2.45) is 0 Å². The van der Waals surface area contributed by atoms with E-state index in [1.54, 1.807) is 0 Å². The van der Waals surface area contributed by atoms with E-state index in [4.69, 9.17) is 0 Å². The van der Waals surface area contributed by atoms with Gasteiger partial charge in [0.1, 0.15) is 0 Å². The highest BCUT2D eigenvalue weighted by atomic mass is 79.9. The topological polar surface area (TPSA) is 38.0 Å². The SMILES string of the molecule is CC[C@@H](C)n1nc(CO)c2cc(Br)ccc21. The average Bonchev–Trinajstić information content (AvgIpc) is 2.66. The second-order valence-corrected chi connectivity index (χ2v) is 4.88. The number of benzene rings is 1. The fourth-order valence-corrected chi connectivity index (χ4v) is 2.16. The summed E-state index contributed by atoms with van der Waals surface area (Å²) in [6, 6.07) is 6.40. The fraction of sp³-hybridized carbons (Fsp3) is 0.417. The van der Waals surface area contributed by atoms with Gasteiger partial charge in [-0.25, -0.2) is 0 Å². The minimum Gasteiger partial charge on any atom is -0.390 e. The lowest BCUT2D eigenvalue weighted by Crippen LogP contribution is -2.05. The molecule has 0 aliphatic carbocycles. The molecule has 1 N–H and O–H groups in total. The van der Waals surface area contributed by atoms with Crippen LogP contribution in [0.3, 0.4) is 0 Å². The maximum absolute atomic E-state index is 9.30. The lowest BCUT2D eigenvalue weighted by molar-refractivity contribution is 0.275. The summed E-state index contributed by atoms with van der Waals surface area (Å²) in [5, 5.41) is 14.8. The van der Waals surface area contributed by atoms with Crippen molar-refractivity contribution in [2.75, 3.05) is 0 Å². The summed E-state index contributed by atoms with van der Waals surface area (Å²) in [6.45, 7) is 4.25. The van der Waals surface area contributed by atoms with Crippen LogP contribution in [0.5, 0.6) is 0 Å². The van der Waals surface area contributed by atoms with Crippen LogP contribution in [0.15, 0.2) is 22.7 Å². The number of rotatable bonds is 3. The highest BCUT2D eigenvalue weighted by Crippen LogP contribution is 2.26. The van der Waals surface area contributed by atoms with Crippen LogP contribution < -0.4 is 0 Å². The number of hydrogen-bond acceptors (Lipinski definition) is 2. The Morgan fingerprint density at radius 2 is 2.25 bits per heavy atom. The van der Waals surface area contributed by atoms with E-state index in [-0.39, 0.29) is 6.61 Å². The number of nitrogens with zero attached hydrogens (tertiary/aromatic N) is 2. The van der Waals surface area contributed by atoms with Gasteiger partial charge < -0.3 is 5.11 Å².